The van der Waals surface area contributed by atoms with E-state index >= 15 is 0 Å². The summed E-state index contributed by atoms with van der Waals surface area (Å²) in [5, 5.41) is 10.9. The smallest absolute Gasteiger partial charge is 0.422 e. The van der Waals surface area contributed by atoms with Gasteiger partial charge in [0.1, 0.15) is 5.60 Å². The van der Waals surface area contributed by atoms with Gasteiger partial charge in [0, 0.05) is 17.1 Å². The van der Waals surface area contributed by atoms with Crippen molar-refractivity contribution in [1.82, 2.24) is 9.44 Å². The quantitative estimate of drug-likeness (QED) is 0.704. The molecular weight excluding hydrogens is 356 g/mol. The standard InChI is InChI=1S/C15H23ClN2O5S/c1-14(2,3)23-13(19)18-24(21,22)17-10-9-15(4,20)11-7-5-6-8-12(11)16/h5-8,17,20H,9-10H2,1-4H3,(H,18,19). The molecule has 1 unspecified atom stereocenters. The first kappa shape index (κ1) is 20.7. The van der Waals surface area contributed by atoms with Gasteiger partial charge in [-0.2, -0.15) is 13.1 Å². The molecule has 0 aliphatic carbocycles. The molecule has 1 aromatic rings. The fraction of sp³-hybridized carbons (Fsp3) is 0.533. The van der Waals surface area contributed by atoms with Crippen LogP contribution in [0.4, 0.5) is 4.79 Å². The first-order chi connectivity index (χ1) is 10.8. The minimum absolute atomic E-state index is 0.0615. The van der Waals surface area contributed by atoms with E-state index in [1.807, 2.05) is 0 Å². The summed E-state index contributed by atoms with van der Waals surface area (Å²) in [6, 6.07) is 6.76. The maximum atomic E-state index is 11.8. The Morgan fingerprint density at radius 1 is 1.25 bits per heavy atom. The van der Waals surface area contributed by atoms with Gasteiger partial charge in [-0.25, -0.2) is 9.52 Å². The summed E-state index contributed by atoms with van der Waals surface area (Å²) >= 11 is 6.04. The largest absolute Gasteiger partial charge is 0.443 e. The predicted octanol–water partition coefficient (Wildman–Crippen LogP) is 2.30. The molecule has 0 saturated heterocycles. The van der Waals surface area contributed by atoms with Crippen LogP contribution in [0.3, 0.4) is 0 Å². The second-order valence-electron chi connectivity index (χ2n) is 6.51. The fourth-order valence-electron chi connectivity index (χ4n) is 1.91. The van der Waals surface area contributed by atoms with Crippen LogP contribution in [-0.4, -0.2) is 31.8 Å². The van der Waals surface area contributed by atoms with E-state index in [0.29, 0.717) is 10.6 Å². The van der Waals surface area contributed by atoms with Gasteiger partial charge >= 0.3 is 16.3 Å². The van der Waals surface area contributed by atoms with Crippen LogP contribution >= 0.6 is 11.6 Å². The molecule has 0 radical (unpaired) electrons. The number of rotatable bonds is 6. The average molecular weight is 379 g/mol. The van der Waals surface area contributed by atoms with Gasteiger partial charge in [-0.3, -0.25) is 0 Å². The van der Waals surface area contributed by atoms with Crippen LogP contribution in [0.1, 0.15) is 39.7 Å². The number of carbonyl (C=O) groups excluding carboxylic acids is 1. The number of carbonyl (C=O) groups is 1. The number of hydrogen-bond donors (Lipinski definition) is 3. The van der Waals surface area contributed by atoms with Gasteiger partial charge in [0.2, 0.25) is 0 Å². The Kier molecular flexibility index (Phi) is 6.63. The topological polar surface area (TPSA) is 105 Å². The van der Waals surface area contributed by atoms with Gasteiger partial charge in [0.25, 0.3) is 0 Å². The second-order valence-corrected chi connectivity index (χ2v) is 8.41. The normalized spacial score (nSPS) is 14.8. The molecule has 1 aromatic carbocycles. The predicted molar refractivity (Wildman–Crippen MR) is 91.9 cm³/mol. The molecule has 0 aliphatic heterocycles. The lowest BCUT2D eigenvalue weighted by atomic mass is 9.93. The Hall–Kier alpha value is -1.35. The van der Waals surface area contributed by atoms with Crippen LogP contribution in [0.2, 0.25) is 5.02 Å². The molecule has 0 aliphatic rings. The third kappa shape index (κ3) is 7.04. The summed E-state index contributed by atoms with van der Waals surface area (Å²) < 4.78 is 32.4. The van der Waals surface area contributed by atoms with Crippen molar-refractivity contribution in [3.8, 4) is 0 Å². The lowest BCUT2D eigenvalue weighted by Crippen LogP contribution is -2.44. The summed E-state index contributed by atoms with van der Waals surface area (Å²) in [7, 11) is -4.09. The molecule has 0 spiro atoms. The summed E-state index contributed by atoms with van der Waals surface area (Å²) in [4.78, 5) is 11.5. The second kappa shape index (κ2) is 7.69. The summed E-state index contributed by atoms with van der Waals surface area (Å²) in [5.74, 6) is 0. The molecule has 1 amide bonds. The van der Waals surface area contributed by atoms with E-state index in [2.05, 4.69) is 4.72 Å². The zero-order valence-corrected chi connectivity index (χ0v) is 15.7. The lowest BCUT2D eigenvalue weighted by molar-refractivity contribution is 0.0496. The first-order valence-corrected chi connectivity index (χ1v) is 9.16. The Bertz CT molecular complexity index is 683. The van der Waals surface area contributed by atoms with E-state index in [0.717, 1.165) is 0 Å². The van der Waals surface area contributed by atoms with Crippen LogP contribution in [0, 0.1) is 0 Å². The monoisotopic (exact) mass is 378 g/mol. The number of ether oxygens (including phenoxy) is 1. The average Bonchev–Trinajstić information content (AvgIpc) is 2.34. The van der Waals surface area contributed by atoms with Crippen molar-refractivity contribution in [3.05, 3.63) is 34.9 Å². The highest BCUT2D eigenvalue weighted by molar-refractivity contribution is 7.88. The highest BCUT2D eigenvalue weighted by atomic mass is 35.5. The maximum Gasteiger partial charge on any atom is 0.422 e. The van der Waals surface area contributed by atoms with Crippen molar-refractivity contribution >= 4 is 27.9 Å². The van der Waals surface area contributed by atoms with E-state index in [-0.39, 0.29) is 13.0 Å². The number of benzene rings is 1. The summed E-state index contributed by atoms with van der Waals surface area (Å²) in [5.41, 5.74) is -1.65. The van der Waals surface area contributed by atoms with Crippen LogP contribution < -0.4 is 9.44 Å². The number of nitrogens with one attached hydrogen (secondary N) is 2. The molecule has 9 heteroatoms. The molecule has 0 saturated carbocycles. The van der Waals surface area contributed by atoms with E-state index in [4.69, 9.17) is 16.3 Å². The van der Waals surface area contributed by atoms with Crippen molar-refractivity contribution in [2.45, 2.75) is 45.3 Å². The van der Waals surface area contributed by atoms with Crippen molar-refractivity contribution in [2.75, 3.05) is 6.54 Å². The van der Waals surface area contributed by atoms with Gasteiger partial charge in [0.05, 0.1) is 5.60 Å². The molecule has 1 rings (SSSR count). The van der Waals surface area contributed by atoms with Gasteiger partial charge < -0.3 is 9.84 Å². The SMILES string of the molecule is CC(C)(C)OC(=O)NS(=O)(=O)NCCC(C)(O)c1ccccc1Cl. The molecule has 136 valence electrons. The number of hydrogen-bond acceptors (Lipinski definition) is 5. The Morgan fingerprint density at radius 2 is 1.83 bits per heavy atom. The van der Waals surface area contributed by atoms with Gasteiger partial charge in [-0.1, -0.05) is 29.8 Å². The minimum Gasteiger partial charge on any atom is -0.443 e. The summed E-state index contributed by atoms with van der Waals surface area (Å²) in [6.45, 7) is 6.29. The Balaban J connectivity index is 2.59. The molecule has 7 nitrogen and oxygen atoms in total. The van der Waals surface area contributed by atoms with Crippen LogP contribution in [0.5, 0.6) is 0 Å². The maximum absolute atomic E-state index is 11.8. The van der Waals surface area contributed by atoms with Gasteiger partial charge in [-0.15, -0.1) is 0 Å². The van der Waals surface area contributed by atoms with Gasteiger partial charge in [-0.05, 0) is 40.2 Å². The zero-order chi connectivity index (χ0) is 18.6. The molecule has 0 fully saturated rings. The Labute approximate surface area is 147 Å². The Morgan fingerprint density at radius 3 is 2.38 bits per heavy atom. The molecular formula is C15H23ClN2O5S. The summed E-state index contributed by atoms with van der Waals surface area (Å²) in [6.07, 6.45) is -1.01. The third-order valence-corrected chi connectivity index (χ3v) is 4.32. The van der Waals surface area contributed by atoms with Crippen molar-refractivity contribution in [2.24, 2.45) is 0 Å². The highest BCUT2D eigenvalue weighted by Crippen LogP contribution is 2.30. The number of aliphatic hydroxyl groups is 1. The minimum atomic E-state index is -4.09. The molecule has 1 atom stereocenters. The van der Waals surface area contributed by atoms with Crippen molar-refractivity contribution < 1.29 is 23.1 Å². The van der Waals surface area contributed by atoms with E-state index < -0.39 is 27.5 Å². The molecule has 0 heterocycles. The molecule has 24 heavy (non-hydrogen) atoms. The highest BCUT2D eigenvalue weighted by Gasteiger charge is 2.26. The molecule has 0 aromatic heterocycles. The van der Waals surface area contributed by atoms with Gasteiger partial charge in [0.15, 0.2) is 0 Å². The van der Waals surface area contributed by atoms with Crippen LogP contribution in [0.25, 0.3) is 0 Å². The van der Waals surface area contributed by atoms with Crippen LogP contribution in [0.15, 0.2) is 24.3 Å². The van der Waals surface area contributed by atoms with Crippen molar-refractivity contribution in [3.63, 3.8) is 0 Å². The fourth-order valence-corrected chi connectivity index (χ4v) is 2.95. The molecule has 3 N–H and O–H groups in total. The van der Waals surface area contributed by atoms with Crippen molar-refractivity contribution in [1.29, 1.82) is 0 Å². The van der Waals surface area contributed by atoms with E-state index in [9.17, 15) is 18.3 Å². The van der Waals surface area contributed by atoms with E-state index in [1.165, 1.54) is 6.92 Å². The first-order valence-electron chi connectivity index (χ1n) is 7.30. The van der Waals surface area contributed by atoms with E-state index in [1.54, 1.807) is 49.8 Å². The lowest BCUT2D eigenvalue weighted by Gasteiger charge is -2.25. The van der Waals surface area contributed by atoms with Crippen LogP contribution in [-0.2, 0) is 20.5 Å². The zero-order valence-electron chi connectivity index (χ0n) is 14.1. The number of amides is 1. The molecule has 0 bridgehead atoms. The third-order valence-electron chi connectivity index (χ3n) is 2.97. The number of halogens is 1.